The Kier molecular flexibility index (Phi) is 8.47. The summed E-state index contributed by atoms with van der Waals surface area (Å²) in [5, 5.41) is 12.0. The number of carbonyl (C=O) groups excluding carboxylic acids is 1. The quantitative estimate of drug-likeness (QED) is 0.368. The highest BCUT2D eigenvalue weighted by atomic mass is 32.2. The number of amides is 2. The van der Waals surface area contributed by atoms with Crippen molar-refractivity contribution in [2.45, 2.75) is 37.9 Å². The van der Waals surface area contributed by atoms with E-state index in [1.165, 1.54) is 4.31 Å². The van der Waals surface area contributed by atoms with Gasteiger partial charge >= 0.3 is 6.09 Å². The van der Waals surface area contributed by atoms with E-state index in [2.05, 4.69) is 20.2 Å². The molecular formula is C24H30N6O5S3. The molecule has 1 aliphatic heterocycles. The molecule has 1 fully saturated rings. The Morgan fingerprint density at radius 2 is 1.87 bits per heavy atom. The number of anilines is 2. The molecule has 1 aliphatic rings. The zero-order valence-corrected chi connectivity index (χ0v) is 24.0. The Morgan fingerprint density at radius 3 is 2.47 bits per heavy atom. The highest BCUT2D eigenvalue weighted by Gasteiger charge is 2.33. The monoisotopic (exact) mass is 578 g/mol. The molecule has 14 heteroatoms. The van der Waals surface area contributed by atoms with Gasteiger partial charge in [-0.3, -0.25) is 15.0 Å². The van der Waals surface area contributed by atoms with Crippen LogP contribution < -0.4 is 10.2 Å². The van der Waals surface area contributed by atoms with Crippen LogP contribution in [0, 0.1) is 20.8 Å². The second-order valence-electron chi connectivity index (χ2n) is 9.09. The molecule has 2 aromatic heterocycles. The zero-order valence-electron chi connectivity index (χ0n) is 21.5. The lowest BCUT2D eigenvalue weighted by Gasteiger charge is -2.37. The summed E-state index contributed by atoms with van der Waals surface area (Å²) in [5.41, 5.74) is 3.04. The number of hydrogen-bond acceptors (Lipinski definition) is 9. The van der Waals surface area contributed by atoms with Gasteiger partial charge in [0.25, 0.3) is 10.0 Å². The fourth-order valence-corrected chi connectivity index (χ4v) is 8.40. The van der Waals surface area contributed by atoms with Gasteiger partial charge in [0.1, 0.15) is 0 Å². The molecule has 4 rings (SSSR count). The molecule has 0 saturated carbocycles. The van der Waals surface area contributed by atoms with Crippen molar-refractivity contribution in [3.8, 4) is 10.4 Å². The van der Waals surface area contributed by atoms with E-state index in [4.69, 9.17) is 5.11 Å². The third kappa shape index (κ3) is 6.04. The Morgan fingerprint density at radius 1 is 1.16 bits per heavy atom. The van der Waals surface area contributed by atoms with Gasteiger partial charge in [-0.2, -0.15) is 4.31 Å². The molecular weight excluding hydrogens is 549 g/mol. The van der Waals surface area contributed by atoms with Gasteiger partial charge in [-0.25, -0.2) is 23.2 Å². The predicted octanol–water partition coefficient (Wildman–Crippen LogP) is 3.64. The maximum Gasteiger partial charge on any atom is 0.410 e. The van der Waals surface area contributed by atoms with Crippen LogP contribution in [0.25, 0.3) is 10.4 Å². The molecule has 2 N–H and O–H groups in total. The number of nitrogens with one attached hydrogen (secondary N) is 1. The average Bonchev–Trinajstić information content (AvgIpc) is 3.40. The van der Waals surface area contributed by atoms with Crippen molar-refractivity contribution in [2.75, 3.05) is 42.9 Å². The van der Waals surface area contributed by atoms with Crippen LogP contribution in [-0.2, 0) is 14.8 Å². The summed E-state index contributed by atoms with van der Waals surface area (Å²) in [6.07, 6.45) is -0.458. The molecule has 0 spiro atoms. The van der Waals surface area contributed by atoms with E-state index >= 15 is 0 Å². The van der Waals surface area contributed by atoms with Crippen molar-refractivity contribution >= 4 is 56.0 Å². The minimum Gasteiger partial charge on any atom is -0.465 e. The van der Waals surface area contributed by atoms with E-state index in [9.17, 15) is 18.0 Å². The first kappa shape index (κ1) is 28.1. The summed E-state index contributed by atoms with van der Waals surface area (Å²) < 4.78 is 27.8. The number of benzene rings is 1. The van der Waals surface area contributed by atoms with Crippen LogP contribution in [0.1, 0.15) is 23.3 Å². The summed E-state index contributed by atoms with van der Waals surface area (Å²) in [7, 11) is -3.80. The van der Waals surface area contributed by atoms with Crippen molar-refractivity contribution in [3.05, 3.63) is 40.7 Å². The Bertz CT molecular complexity index is 1430. The molecule has 0 aliphatic carbocycles. The maximum absolute atomic E-state index is 13.2. The Balaban J connectivity index is 1.40. The summed E-state index contributed by atoms with van der Waals surface area (Å²) in [6.45, 7) is 9.65. The smallest absolute Gasteiger partial charge is 0.410 e. The molecule has 3 heterocycles. The van der Waals surface area contributed by atoms with Gasteiger partial charge in [-0.05, 0) is 45.4 Å². The van der Waals surface area contributed by atoms with Crippen molar-refractivity contribution < 1.29 is 23.1 Å². The van der Waals surface area contributed by atoms with Gasteiger partial charge in [0, 0.05) is 44.5 Å². The van der Waals surface area contributed by atoms with Crippen molar-refractivity contribution in [3.63, 3.8) is 0 Å². The summed E-state index contributed by atoms with van der Waals surface area (Å²) in [6, 6.07) is 7.73. The minimum atomic E-state index is -3.80. The molecule has 1 saturated heterocycles. The SMILES string of the molecule is Cc1nc(C)c(-c2cccc(N(C=O)[C@@H](C)CN3CCN(S(=O)(=O)c4sc(NC(=O)O)nc4C)CC3)c2)s1. The fourth-order valence-electron chi connectivity index (χ4n) is 4.52. The molecule has 1 aromatic carbocycles. The fraction of sp³-hybridized carbons (Fsp3) is 0.417. The molecule has 3 aromatic rings. The molecule has 11 nitrogen and oxygen atoms in total. The normalized spacial score (nSPS) is 15.8. The lowest BCUT2D eigenvalue weighted by atomic mass is 10.1. The van der Waals surface area contributed by atoms with Crippen LogP contribution in [0.15, 0.2) is 28.5 Å². The lowest BCUT2D eigenvalue weighted by Crippen LogP contribution is -2.52. The first-order valence-corrected chi connectivity index (χ1v) is 15.0. The van der Waals surface area contributed by atoms with E-state index in [1.807, 2.05) is 45.0 Å². The summed E-state index contributed by atoms with van der Waals surface area (Å²) in [4.78, 5) is 36.5. The van der Waals surface area contributed by atoms with Crippen molar-refractivity contribution in [1.82, 2.24) is 19.2 Å². The van der Waals surface area contributed by atoms with Crippen molar-refractivity contribution in [2.24, 2.45) is 0 Å². The molecule has 38 heavy (non-hydrogen) atoms. The third-order valence-electron chi connectivity index (χ3n) is 6.29. The number of carbonyl (C=O) groups is 2. The number of piperazine rings is 1. The lowest BCUT2D eigenvalue weighted by molar-refractivity contribution is -0.107. The topological polar surface area (TPSA) is 136 Å². The van der Waals surface area contributed by atoms with Crippen LogP contribution in [0.3, 0.4) is 0 Å². The van der Waals surface area contributed by atoms with Crippen LogP contribution in [0.4, 0.5) is 15.6 Å². The number of aromatic nitrogens is 2. The van der Waals surface area contributed by atoms with E-state index in [0.717, 1.165) is 44.6 Å². The predicted molar refractivity (Wildman–Crippen MR) is 149 cm³/mol. The second-order valence-corrected chi connectivity index (χ2v) is 13.4. The van der Waals surface area contributed by atoms with Crippen LogP contribution in [0.5, 0.6) is 0 Å². The molecule has 0 radical (unpaired) electrons. The number of rotatable bonds is 9. The van der Waals surface area contributed by atoms with Crippen LogP contribution in [-0.4, -0.2) is 84.0 Å². The van der Waals surface area contributed by atoms with Crippen LogP contribution >= 0.6 is 22.7 Å². The largest absolute Gasteiger partial charge is 0.465 e. The highest BCUT2D eigenvalue weighted by molar-refractivity contribution is 7.91. The third-order valence-corrected chi connectivity index (χ3v) is 11.0. The van der Waals surface area contributed by atoms with Crippen molar-refractivity contribution in [1.29, 1.82) is 0 Å². The van der Waals surface area contributed by atoms with Gasteiger partial charge in [0.2, 0.25) is 6.41 Å². The van der Waals surface area contributed by atoms with Gasteiger partial charge < -0.3 is 10.0 Å². The maximum atomic E-state index is 13.2. The molecule has 1 atom stereocenters. The number of carboxylic acid groups (broad SMARTS) is 1. The van der Waals surface area contributed by atoms with Gasteiger partial charge in [0.15, 0.2) is 9.34 Å². The van der Waals surface area contributed by atoms with E-state index in [-0.39, 0.29) is 34.2 Å². The van der Waals surface area contributed by atoms with E-state index < -0.39 is 16.1 Å². The van der Waals surface area contributed by atoms with Gasteiger partial charge in [0.05, 0.1) is 21.3 Å². The molecule has 0 unspecified atom stereocenters. The second kappa shape index (κ2) is 11.5. The van der Waals surface area contributed by atoms with Gasteiger partial charge in [-0.1, -0.05) is 23.5 Å². The molecule has 204 valence electrons. The highest BCUT2D eigenvalue weighted by Crippen LogP contribution is 2.33. The first-order valence-electron chi connectivity index (χ1n) is 12.0. The molecule has 2 amide bonds. The van der Waals surface area contributed by atoms with Gasteiger partial charge in [-0.15, -0.1) is 11.3 Å². The number of thiazole rings is 2. The number of aryl methyl sites for hydroxylation is 3. The Labute approximate surface area is 229 Å². The zero-order chi connectivity index (χ0) is 27.6. The first-order chi connectivity index (χ1) is 18.0. The number of nitrogens with zero attached hydrogens (tertiary/aromatic N) is 5. The Hall–Kier alpha value is -2.91. The standard InChI is InChI=1S/C24H30N6O5S3/c1-15(30(14-31)20-7-5-6-19(12-20)21-16(2)25-18(4)36-21)13-28-8-10-29(11-9-28)38(34,35)22-17(3)26-23(37-22)27-24(32)33/h5-7,12,14-15H,8-11,13H2,1-4H3,(H,26,27)(H,32,33)/t15-/m0/s1. The average molecular weight is 579 g/mol. The van der Waals surface area contributed by atoms with E-state index in [0.29, 0.717) is 19.6 Å². The number of hydrogen-bond donors (Lipinski definition) is 2. The number of sulfonamides is 1. The molecule has 0 bridgehead atoms. The summed E-state index contributed by atoms with van der Waals surface area (Å²) in [5.74, 6) is 0. The minimum absolute atomic E-state index is 0.0275. The van der Waals surface area contributed by atoms with Crippen LogP contribution in [0.2, 0.25) is 0 Å². The van der Waals surface area contributed by atoms with E-state index in [1.54, 1.807) is 23.2 Å². The summed E-state index contributed by atoms with van der Waals surface area (Å²) >= 11 is 2.44.